The zero-order valence-corrected chi connectivity index (χ0v) is 12.0. The number of nitrogens with zero attached hydrogens (tertiary/aromatic N) is 3. The standard InChI is InChI=1S/C10H19N7OS/c1-4-6(2)13-9-14-8(12-3)15-10(16-9)19-5-7(18)17-11/h6H,4-5,11H2,1-3H3,(H,17,18)(H2,12,13,14,15,16)/t6-/m1/s1. The Balaban J connectivity index is 2.79. The van der Waals surface area contributed by atoms with Crippen LogP contribution in [0.1, 0.15) is 20.3 Å². The van der Waals surface area contributed by atoms with E-state index in [1.165, 1.54) is 11.8 Å². The van der Waals surface area contributed by atoms with Crippen molar-refractivity contribution in [2.75, 3.05) is 23.4 Å². The monoisotopic (exact) mass is 285 g/mol. The van der Waals surface area contributed by atoms with Gasteiger partial charge >= 0.3 is 0 Å². The first-order valence-corrected chi connectivity index (χ1v) is 6.90. The van der Waals surface area contributed by atoms with Crippen LogP contribution in [0.4, 0.5) is 11.9 Å². The van der Waals surface area contributed by atoms with E-state index >= 15 is 0 Å². The Hall–Kier alpha value is -1.61. The zero-order chi connectivity index (χ0) is 14.3. The number of nitrogens with two attached hydrogens (primary N) is 1. The summed E-state index contributed by atoms with van der Waals surface area (Å²) in [6, 6.07) is 0.261. The summed E-state index contributed by atoms with van der Waals surface area (Å²) in [6.45, 7) is 4.11. The van der Waals surface area contributed by atoms with Crippen molar-refractivity contribution in [1.29, 1.82) is 0 Å². The maximum Gasteiger partial charge on any atom is 0.244 e. The average molecular weight is 285 g/mol. The molecule has 106 valence electrons. The van der Waals surface area contributed by atoms with Crippen molar-refractivity contribution < 1.29 is 4.79 Å². The molecule has 5 N–H and O–H groups in total. The number of hydrogen-bond donors (Lipinski definition) is 4. The summed E-state index contributed by atoms with van der Waals surface area (Å²) in [7, 11) is 1.73. The Morgan fingerprint density at radius 1 is 1.37 bits per heavy atom. The zero-order valence-electron chi connectivity index (χ0n) is 11.2. The molecule has 0 fully saturated rings. The molecular weight excluding hydrogens is 266 g/mol. The number of rotatable bonds is 7. The van der Waals surface area contributed by atoms with Gasteiger partial charge in [0.25, 0.3) is 0 Å². The number of hydrazine groups is 1. The summed E-state index contributed by atoms with van der Waals surface area (Å²) in [6.07, 6.45) is 0.957. The van der Waals surface area contributed by atoms with Crippen LogP contribution in [-0.2, 0) is 4.79 Å². The number of amides is 1. The third kappa shape index (κ3) is 5.26. The molecule has 1 rings (SSSR count). The summed E-state index contributed by atoms with van der Waals surface area (Å²) in [5.41, 5.74) is 2.06. The van der Waals surface area contributed by atoms with E-state index in [-0.39, 0.29) is 17.7 Å². The minimum Gasteiger partial charge on any atom is -0.357 e. The van der Waals surface area contributed by atoms with E-state index in [2.05, 4.69) is 37.9 Å². The molecule has 1 aromatic rings. The lowest BCUT2D eigenvalue weighted by Crippen LogP contribution is -2.31. The highest BCUT2D eigenvalue weighted by molar-refractivity contribution is 7.99. The van der Waals surface area contributed by atoms with Crippen molar-refractivity contribution in [2.45, 2.75) is 31.5 Å². The topological polar surface area (TPSA) is 118 Å². The van der Waals surface area contributed by atoms with Crippen molar-refractivity contribution in [3.63, 3.8) is 0 Å². The second-order valence-electron chi connectivity index (χ2n) is 3.83. The lowest BCUT2D eigenvalue weighted by Gasteiger charge is -2.12. The lowest BCUT2D eigenvalue weighted by atomic mass is 10.3. The van der Waals surface area contributed by atoms with Crippen LogP contribution < -0.4 is 21.9 Å². The molecule has 0 bridgehead atoms. The summed E-state index contributed by atoms with van der Waals surface area (Å²) in [5, 5.41) is 6.49. The number of carbonyl (C=O) groups is 1. The van der Waals surface area contributed by atoms with E-state index in [4.69, 9.17) is 5.84 Å². The molecular formula is C10H19N7OS. The fraction of sp³-hybridized carbons (Fsp3) is 0.600. The summed E-state index contributed by atoms with van der Waals surface area (Å²) in [4.78, 5) is 23.7. The Morgan fingerprint density at radius 3 is 2.63 bits per heavy atom. The normalized spacial score (nSPS) is 11.8. The third-order valence-corrected chi connectivity index (χ3v) is 3.17. The molecule has 8 nitrogen and oxygen atoms in total. The number of thioether (sulfide) groups is 1. The van der Waals surface area contributed by atoms with Gasteiger partial charge in [0, 0.05) is 13.1 Å². The van der Waals surface area contributed by atoms with Gasteiger partial charge < -0.3 is 10.6 Å². The molecule has 0 spiro atoms. The first-order chi connectivity index (χ1) is 9.08. The van der Waals surface area contributed by atoms with Gasteiger partial charge in [0.2, 0.25) is 17.8 Å². The molecule has 0 unspecified atom stereocenters. The fourth-order valence-electron chi connectivity index (χ4n) is 1.09. The molecule has 0 aliphatic rings. The molecule has 9 heteroatoms. The molecule has 0 aliphatic carbocycles. The highest BCUT2D eigenvalue weighted by atomic mass is 32.2. The summed E-state index contributed by atoms with van der Waals surface area (Å²) < 4.78 is 0. The Kier molecular flexibility index (Phi) is 6.30. The molecule has 0 radical (unpaired) electrons. The van der Waals surface area contributed by atoms with Gasteiger partial charge in [-0.15, -0.1) is 0 Å². The molecule has 0 aliphatic heterocycles. The van der Waals surface area contributed by atoms with Gasteiger partial charge in [-0.2, -0.15) is 15.0 Å². The van der Waals surface area contributed by atoms with Crippen molar-refractivity contribution in [2.24, 2.45) is 5.84 Å². The molecule has 19 heavy (non-hydrogen) atoms. The molecule has 1 heterocycles. The van der Waals surface area contributed by atoms with Crippen molar-refractivity contribution in [3.05, 3.63) is 0 Å². The van der Waals surface area contributed by atoms with Gasteiger partial charge in [-0.25, -0.2) is 5.84 Å². The highest BCUT2D eigenvalue weighted by Crippen LogP contribution is 2.16. The van der Waals surface area contributed by atoms with Gasteiger partial charge in [0.15, 0.2) is 5.16 Å². The first-order valence-electron chi connectivity index (χ1n) is 5.91. The van der Waals surface area contributed by atoms with Gasteiger partial charge in [0.05, 0.1) is 5.75 Å². The summed E-state index contributed by atoms with van der Waals surface area (Å²) in [5.74, 6) is 5.84. The lowest BCUT2D eigenvalue weighted by molar-refractivity contribution is -0.118. The van der Waals surface area contributed by atoms with Crippen LogP contribution in [0.25, 0.3) is 0 Å². The second-order valence-corrected chi connectivity index (χ2v) is 4.77. The van der Waals surface area contributed by atoms with Gasteiger partial charge in [0.1, 0.15) is 0 Å². The van der Waals surface area contributed by atoms with E-state index < -0.39 is 0 Å². The van der Waals surface area contributed by atoms with Crippen molar-refractivity contribution in [1.82, 2.24) is 20.4 Å². The predicted octanol–water partition coefficient (Wildman–Crippen LogP) is 0.206. The van der Waals surface area contributed by atoms with E-state index in [1.807, 2.05) is 6.92 Å². The number of anilines is 2. The smallest absolute Gasteiger partial charge is 0.244 e. The predicted molar refractivity (Wildman–Crippen MR) is 75.8 cm³/mol. The first kappa shape index (κ1) is 15.4. The van der Waals surface area contributed by atoms with Crippen LogP contribution in [-0.4, -0.2) is 39.7 Å². The van der Waals surface area contributed by atoms with Gasteiger partial charge in [-0.05, 0) is 13.3 Å². The van der Waals surface area contributed by atoms with E-state index in [0.717, 1.165) is 6.42 Å². The largest absolute Gasteiger partial charge is 0.357 e. The molecule has 1 amide bonds. The van der Waals surface area contributed by atoms with Crippen LogP contribution >= 0.6 is 11.8 Å². The Bertz CT molecular complexity index is 428. The number of nitrogens with one attached hydrogen (secondary N) is 3. The minimum atomic E-state index is -0.284. The SMILES string of the molecule is CC[C@@H](C)Nc1nc(NC)nc(SCC(=O)NN)n1. The minimum absolute atomic E-state index is 0.159. The van der Waals surface area contributed by atoms with Crippen LogP contribution in [0.2, 0.25) is 0 Å². The van der Waals surface area contributed by atoms with Crippen LogP contribution in [0.3, 0.4) is 0 Å². The quantitative estimate of drug-likeness (QED) is 0.243. The molecule has 1 aromatic heterocycles. The molecule has 1 atom stereocenters. The second kappa shape index (κ2) is 7.74. The van der Waals surface area contributed by atoms with Gasteiger partial charge in [-0.1, -0.05) is 18.7 Å². The Labute approximate surface area is 116 Å². The van der Waals surface area contributed by atoms with Crippen LogP contribution in [0.15, 0.2) is 5.16 Å². The van der Waals surface area contributed by atoms with Gasteiger partial charge in [-0.3, -0.25) is 10.2 Å². The number of carbonyl (C=O) groups excluding carboxylic acids is 1. The van der Waals surface area contributed by atoms with E-state index in [0.29, 0.717) is 17.1 Å². The third-order valence-electron chi connectivity index (χ3n) is 2.32. The van der Waals surface area contributed by atoms with E-state index in [1.54, 1.807) is 7.05 Å². The number of aromatic nitrogens is 3. The molecule has 0 saturated heterocycles. The van der Waals surface area contributed by atoms with E-state index in [9.17, 15) is 4.79 Å². The maximum absolute atomic E-state index is 11.1. The fourth-order valence-corrected chi connectivity index (χ4v) is 1.74. The maximum atomic E-state index is 11.1. The molecule has 0 aromatic carbocycles. The highest BCUT2D eigenvalue weighted by Gasteiger charge is 2.09. The average Bonchev–Trinajstić information content (AvgIpc) is 2.44. The van der Waals surface area contributed by atoms with Crippen molar-refractivity contribution >= 4 is 29.6 Å². The summed E-state index contributed by atoms with van der Waals surface area (Å²) >= 11 is 1.20. The number of hydrogen-bond acceptors (Lipinski definition) is 8. The van der Waals surface area contributed by atoms with Crippen LogP contribution in [0.5, 0.6) is 0 Å². The molecule has 0 saturated carbocycles. The Morgan fingerprint density at radius 2 is 2.05 bits per heavy atom. The van der Waals surface area contributed by atoms with Crippen LogP contribution in [0, 0.1) is 0 Å². The van der Waals surface area contributed by atoms with Crippen molar-refractivity contribution in [3.8, 4) is 0 Å².